The van der Waals surface area contributed by atoms with Gasteiger partial charge in [0, 0.05) is 13.7 Å². The van der Waals surface area contributed by atoms with Crippen LogP contribution >= 0.6 is 0 Å². The minimum absolute atomic E-state index is 0.454. The summed E-state index contributed by atoms with van der Waals surface area (Å²) < 4.78 is 4.74. The Morgan fingerprint density at radius 2 is 2.20 bits per heavy atom. The predicted molar refractivity (Wildman–Crippen MR) is 38.3 cm³/mol. The molecule has 1 unspecified atom stereocenters. The van der Waals surface area contributed by atoms with Crippen molar-refractivity contribution in [1.82, 2.24) is 0 Å². The van der Waals surface area contributed by atoms with Gasteiger partial charge in [-0.25, -0.2) is 0 Å². The van der Waals surface area contributed by atoms with Crippen LogP contribution in [0, 0.1) is 0 Å². The van der Waals surface area contributed by atoms with Crippen LogP contribution in [-0.2, 0) is 9.53 Å². The summed E-state index contributed by atoms with van der Waals surface area (Å²) in [5.41, 5.74) is 9.55. The largest absolute Gasteiger partial charge is 0.385 e. The number of hydrogen-bond acceptors (Lipinski definition) is 3. The first-order valence-corrected chi connectivity index (χ1v) is 3.08. The molecule has 0 fully saturated rings. The van der Waals surface area contributed by atoms with E-state index in [9.17, 15) is 4.79 Å². The lowest BCUT2D eigenvalue weighted by Crippen LogP contribution is -2.49. The van der Waals surface area contributed by atoms with Crippen LogP contribution < -0.4 is 11.5 Å². The van der Waals surface area contributed by atoms with Gasteiger partial charge in [0.1, 0.15) is 0 Å². The number of hydrogen-bond donors (Lipinski definition) is 2. The van der Waals surface area contributed by atoms with E-state index >= 15 is 0 Å². The first-order valence-electron chi connectivity index (χ1n) is 3.08. The van der Waals surface area contributed by atoms with Crippen molar-refractivity contribution < 1.29 is 9.53 Å². The molecule has 0 aromatic heterocycles. The Kier molecular flexibility index (Phi) is 3.32. The molecule has 4 nitrogen and oxygen atoms in total. The highest BCUT2D eigenvalue weighted by Crippen LogP contribution is 2.03. The van der Waals surface area contributed by atoms with Gasteiger partial charge in [0.2, 0.25) is 5.91 Å². The molecule has 0 heterocycles. The summed E-state index contributed by atoms with van der Waals surface area (Å²) in [5.74, 6) is -0.496. The zero-order chi connectivity index (χ0) is 8.20. The normalized spacial score (nSPS) is 16.3. The molecule has 0 aliphatic rings. The number of primary amides is 1. The van der Waals surface area contributed by atoms with Gasteiger partial charge in [0.05, 0.1) is 5.54 Å². The van der Waals surface area contributed by atoms with E-state index in [0.717, 1.165) is 0 Å². The number of carbonyl (C=O) groups excluding carboxylic acids is 1. The average Bonchev–Trinajstić information content (AvgIpc) is 1.84. The number of rotatable bonds is 4. The van der Waals surface area contributed by atoms with E-state index in [1.165, 1.54) is 0 Å². The van der Waals surface area contributed by atoms with Gasteiger partial charge < -0.3 is 16.2 Å². The molecule has 0 aromatic rings. The fourth-order valence-corrected chi connectivity index (χ4v) is 0.437. The minimum atomic E-state index is -0.935. The second-order valence-corrected chi connectivity index (χ2v) is 2.52. The molecule has 4 heteroatoms. The lowest BCUT2D eigenvalue weighted by molar-refractivity contribution is -0.123. The smallest absolute Gasteiger partial charge is 0.237 e. The fourth-order valence-electron chi connectivity index (χ4n) is 0.437. The van der Waals surface area contributed by atoms with E-state index in [-0.39, 0.29) is 0 Å². The molecule has 1 amide bonds. The second-order valence-electron chi connectivity index (χ2n) is 2.52. The summed E-state index contributed by atoms with van der Waals surface area (Å²) >= 11 is 0. The van der Waals surface area contributed by atoms with Crippen LogP contribution in [0.25, 0.3) is 0 Å². The summed E-state index contributed by atoms with van der Waals surface area (Å²) in [6.07, 6.45) is 0.457. The second kappa shape index (κ2) is 3.53. The van der Waals surface area contributed by atoms with Crippen LogP contribution in [0.3, 0.4) is 0 Å². The summed E-state index contributed by atoms with van der Waals surface area (Å²) in [6, 6.07) is 0. The van der Waals surface area contributed by atoms with Gasteiger partial charge in [-0.3, -0.25) is 4.79 Å². The van der Waals surface area contributed by atoms with E-state index in [0.29, 0.717) is 13.0 Å². The SMILES string of the molecule is COCCC(C)(N)C(N)=O. The van der Waals surface area contributed by atoms with E-state index in [1.807, 2.05) is 0 Å². The molecular formula is C6H14N2O2. The molecule has 1 atom stereocenters. The highest BCUT2D eigenvalue weighted by molar-refractivity contribution is 5.83. The van der Waals surface area contributed by atoms with Gasteiger partial charge in [-0.05, 0) is 13.3 Å². The van der Waals surface area contributed by atoms with Crippen molar-refractivity contribution in [2.24, 2.45) is 11.5 Å². The van der Waals surface area contributed by atoms with Gasteiger partial charge in [-0.1, -0.05) is 0 Å². The molecule has 60 valence electrons. The summed E-state index contributed by atoms with van der Waals surface area (Å²) in [4.78, 5) is 10.6. The van der Waals surface area contributed by atoms with Crippen molar-refractivity contribution in [2.45, 2.75) is 18.9 Å². The van der Waals surface area contributed by atoms with Crippen molar-refractivity contribution in [3.63, 3.8) is 0 Å². The maximum absolute atomic E-state index is 10.6. The number of methoxy groups -OCH3 is 1. The van der Waals surface area contributed by atoms with Gasteiger partial charge in [0.25, 0.3) is 0 Å². The van der Waals surface area contributed by atoms with Crippen molar-refractivity contribution in [2.75, 3.05) is 13.7 Å². The van der Waals surface area contributed by atoms with Crippen molar-refractivity contribution >= 4 is 5.91 Å². The molecule has 0 rings (SSSR count). The maximum Gasteiger partial charge on any atom is 0.237 e. The Morgan fingerprint density at radius 3 is 2.50 bits per heavy atom. The first kappa shape index (κ1) is 9.39. The standard InChI is InChI=1S/C6H14N2O2/c1-6(8,5(7)9)3-4-10-2/h3-4,8H2,1-2H3,(H2,7,9). The lowest BCUT2D eigenvalue weighted by Gasteiger charge is -2.19. The molecule has 10 heavy (non-hydrogen) atoms. The molecule has 0 aromatic carbocycles. The van der Waals surface area contributed by atoms with Crippen LogP contribution in [0.1, 0.15) is 13.3 Å². The quantitative estimate of drug-likeness (QED) is 0.546. The van der Waals surface area contributed by atoms with Crippen LogP contribution in [0.4, 0.5) is 0 Å². The number of nitrogens with two attached hydrogens (primary N) is 2. The molecule has 0 bridgehead atoms. The third-order valence-corrected chi connectivity index (χ3v) is 1.39. The highest BCUT2D eigenvalue weighted by atomic mass is 16.5. The van der Waals surface area contributed by atoms with Crippen molar-refractivity contribution in [3.8, 4) is 0 Å². The van der Waals surface area contributed by atoms with Gasteiger partial charge in [-0.15, -0.1) is 0 Å². The third-order valence-electron chi connectivity index (χ3n) is 1.39. The molecular weight excluding hydrogens is 132 g/mol. The maximum atomic E-state index is 10.6. The lowest BCUT2D eigenvalue weighted by atomic mass is 9.99. The fraction of sp³-hybridized carbons (Fsp3) is 0.833. The van der Waals surface area contributed by atoms with Gasteiger partial charge in [-0.2, -0.15) is 0 Å². The van der Waals surface area contributed by atoms with Gasteiger partial charge >= 0.3 is 0 Å². The van der Waals surface area contributed by atoms with Crippen LogP contribution in [0.5, 0.6) is 0 Å². The van der Waals surface area contributed by atoms with Crippen molar-refractivity contribution in [3.05, 3.63) is 0 Å². The molecule has 0 spiro atoms. The van der Waals surface area contributed by atoms with E-state index in [2.05, 4.69) is 0 Å². The van der Waals surface area contributed by atoms with E-state index in [1.54, 1.807) is 14.0 Å². The zero-order valence-corrected chi connectivity index (χ0v) is 6.39. The third kappa shape index (κ3) is 2.80. The average molecular weight is 146 g/mol. The molecule has 0 aliphatic heterocycles. The van der Waals surface area contributed by atoms with Crippen LogP contribution in [0.2, 0.25) is 0 Å². The Labute approximate surface area is 60.5 Å². The number of carbonyl (C=O) groups is 1. The van der Waals surface area contributed by atoms with E-state index < -0.39 is 11.4 Å². The summed E-state index contributed by atoms with van der Waals surface area (Å²) in [7, 11) is 1.55. The Balaban J connectivity index is 3.75. The van der Waals surface area contributed by atoms with Crippen LogP contribution in [0.15, 0.2) is 0 Å². The topological polar surface area (TPSA) is 78.3 Å². The summed E-state index contributed by atoms with van der Waals surface area (Å²) in [6.45, 7) is 2.05. The number of amides is 1. The van der Waals surface area contributed by atoms with Gasteiger partial charge in [0.15, 0.2) is 0 Å². The molecule has 0 saturated heterocycles. The summed E-state index contributed by atoms with van der Waals surface area (Å²) in [5, 5.41) is 0. The Morgan fingerprint density at radius 1 is 1.70 bits per heavy atom. The Bertz CT molecular complexity index is 123. The van der Waals surface area contributed by atoms with Crippen molar-refractivity contribution in [1.29, 1.82) is 0 Å². The Hall–Kier alpha value is -0.610. The molecule has 4 N–H and O–H groups in total. The monoisotopic (exact) mass is 146 g/mol. The van der Waals surface area contributed by atoms with Crippen LogP contribution in [-0.4, -0.2) is 25.2 Å². The molecule has 0 saturated carbocycles. The highest BCUT2D eigenvalue weighted by Gasteiger charge is 2.24. The molecule has 0 aliphatic carbocycles. The predicted octanol–water partition coefficient (Wildman–Crippen LogP) is -0.774. The molecule has 0 radical (unpaired) electrons. The number of ether oxygens (including phenoxy) is 1. The van der Waals surface area contributed by atoms with E-state index in [4.69, 9.17) is 16.2 Å². The minimum Gasteiger partial charge on any atom is -0.385 e. The zero-order valence-electron chi connectivity index (χ0n) is 6.39. The first-order chi connectivity index (χ1) is 4.50.